The minimum atomic E-state index is -0.536. The summed E-state index contributed by atoms with van der Waals surface area (Å²) in [6.07, 6.45) is 0. The predicted octanol–water partition coefficient (Wildman–Crippen LogP) is 3.07. The Bertz CT molecular complexity index is 609. The fourth-order valence-corrected chi connectivity index (χ4v) is 1.34. The minimum Gasteiger partial charge on any atom is -0.245 e. The van der Waals surface area contributed by atoms with Gasteiger partial charge >= 0.3 is 0 Å². The van der Waals surface area contributed by atoms with Crippen LogP contribution in [-0.2, 0) is 0 Å². The Morgan fingerprint density at radius 1 is 1.06 bits per heavy atom. The van der Waals surface area contributed by atoms with E-state index in [1.807, 2.05) is 19.1 Å². The lowest BCUT2D eigenvalue weighted by molar-refractivity contribution is 0.597. The third kappa shape index (κ3) is 2.88. The number of halogens is 2. The van der Waals surface area contributed by atoms with Crippen molar-refractivity contribution in [2.24, 2.45) is 0 Å². The molecule has 0 aliphatic carbocycles. The van der Waals surface area contributed by atoms with Crippen molar-refractivity contribution in [1.82, 2.24) is 4.98 Å². The molecule has 1 heterocycles. The van der Waals surface area contributed by atoms with E-state index in [-0.39, 0.29) is 5.56 Å². The largest absolute Gasteiger partial charge is 0.245 e. The van der Waals surface area contributed by atoms with Gasteiger partial charge in [0, 0.05) is 5.69 Å². The Hall–Kier alpha value is -2.21. The van der Waals surface area contributed by atoms with Crippen LogP contribution in [0.4, 0.5) is 8.78 Å². The summed E-state index contributed by atoms with van der Waals surface area (Å²) in [5.74, 6) is 4.23. The average Bonchev–Trinajstić information content (AvgIpc) is 2.30. The molecule has 84 valence electrons. The molecular weight excluding hydrogens is 220 g/mol. The first kappa shape index (κ1) is 11.3. The lowest BCUT2D eigenvalue weighted by atomic mass is 10.2. The summed E-state index contributed by atoms with van der Waals surface area (Å²) in [7, 11) is 0. The molecule has 1 aromatic heterocycles. The van der Waals surface area contributed by atoms with Gasteiger partial charge in [0.05, 0.1) is 5.56 Å². The molecule has 0 aliphatic rings. The first-order valence-corrected chi connectivity index (χ1v) is 5.06. The predicted molar refractivity (Wildman–Crippen MR) is 61.3 cm³/mol. The number of hydrogen-bond donors (Lipinski definition) is 0. The molecule has 0 radical (unpaired) electrons. The highest BCUT2D eigenvalue weighted by molar-refractivity contribution is 5.41. The van der Waals surface area contributed by atoms with E-state index in [0.29, 0.717) is 5.69 Å². The molecule has 0 atom stereocenters. The molecule has 0 spiro atoms. The molecular formula is C14H9F2N. The molecule has 0 unspecified atom stereocenters. The SMILES string of the molecule is Cc1cccc(C#Cc2cc(F)ccc2F)n1. The molecule has 1 nitrogen and oxygen atoms in total. The van der Waals surface area contributed by atoms with Gasteiger partial charge in [0.1, 0.15) is 17.3 Å². The molecule has 2 rings (SSSR count). The van der Waals surface area contributed by atoms with E-state index in [9.17, 15) is 8.78 Å². The van der Waals surface area contributed by atoms with Crippen LogP contribution in [0.1, 0.15) is 17.0 Å². The molecule has 0 aliphatic heterocycles. The van der Waals surface area contributed by atoms with Crippen LogP contribution in [0, 0.1) is 30.4 Å². The maximum absolute atomic E-state index is 13.3. The number of aryl methyl sites for hydroxylation is 1. The van der Waals surface area contributed by atoms with Crippen LogP contribution in [0.15, 0.2) is 36.4 Å². The summed E-state index contributed by atoms with van der Waals surface area (Å²) in [5, 5.41) is 0. The molecule has 0 saturated carbocycles. The van der Waals surface area contributed by atoms with Crippen LogP contribution in [0.5, 0.6) is 0 Å². The van der Waals surface area contributed by atoms with Gasteiger partial charge in [-0.15, -0.1) is 0 Å². The van der Waals surface area contributed by atoms with E-state index in [0.717, 1.165) is 23.9 Å². The summed E-state index contributed by atoms with van der Waals surface area (Å²) in [4.78, 5) is 4.15. The molecule has 1 aromatic carbocycles. The summed E-state index contributed by atoms with van der Waals surface area (Å²) in [6.45, 7) is 1.84. The first-order chi connectivity index (χ1) is 8.15. The van der Waals surface area contributed by atoms with Crippen molar-refractivity contribution >= 4 is 0 Å². The standard InChI is InChI=1S/C14H9F2N/c1-10-3-2-4-13(17-10)7-5-11-9-12(15)6-8-14(11)16/h2-4,6,8-9H,1H3. The summed E-state index contributed by atoms with van der Waals surface area (Å²) in [5.41, 5.74) is 1.40. The van der Waals surface area contributed by atoms with Gasteiger partial charge in [-0.3, -0.25) is 0 Å². The smallest absolute Gasteiger partial charge is 0.139 e. The molecule has 2 aromatic rings. The van der Waals surface area contributed by atoms with E-state index in [2.05, 4.69) is 16.8 Å². The van der Waals surface area contributed by atoms with Crippen molar-refractivity contribution in [2.75, 3.05) is 0 Å². The quantitative estimate of drug-likeness (QED) is 0.633. The number of benzene rings is 1. The molecule has 17 heavy (non-hydrogen) atoms. The zero-order chi connectivity index (χ0) is 12.3. The highest BCUT2D eigenvalue weighted by atomic mass is 19.1. The zero-order valence-corrected chi connectivity index (χ0v) is 9.17. The Morgan fingerprint density at radius 3 is 2.65 bits per heavy atom. The monoisotopic (exact) mass is 229 g/mol. The normalized spacial score (nSPS) is 9.59. The van der Waals surface area contributed by atoms with Gasteiger partial charge in [-0.1, -0.05) is 12.0 Å². The van der Waals surface area contributed by atoms with Crippen molar-refractivity contribution in [1.29, 1.82) is 0 Å². The summed E-state index contributed by atoms with van der Waals surface area (Å²) >= 11 is 0. The van der Waals surface area contributed by atoms with Crippen molar-refractivity contribution in [3.8, 4) is 11.8 Å². The number of aromatic nitrogens is 1. The fourth-order valence-electron chi connectivity index (χ4n) is 1.34. The van der Waals surface area contributed by atoms with Gasteiger partial charge in [-0.2, -0.15) is 0 Å². The molecule has 0 saturated heterocycles. The molecule has 0 bridgehead atoms. The van der Waals surface area contributed by atoms with E-state index in [1.165, 1.54) is 0 Å². The van der Waals surface area contributed by atoms with Crippen molar-refractivity contribution in [3.05, 3.63) is 65.0 Å². The Balaban J connectivity index is 2.36. The van der Waals surface area contributed by atoms with Crippen LogP contribution < -0.4 is 0 Å². The Kier molecular flexibility index (Phi) is 3.15. The highest BCUT2D eigenvalue weighted by Gasteiger charge is 2.00. The van der Waals surface area contributed by atoms with Gasteiger partial charge in [-0.05, 0) is 43.2 Å². The molecule has 0 N–H and O–H groups in total. The van der Waals surface area contributed by atoms with Crippen molar-refractivity contribution < 1.29 is 8.78 Å². The number of rotatable bonds is 0. The van der Waals surface area contributed by atoms with Crippen molar-refractivity contribution in [3.63, 3.8) is 0 Å². The lowest BCUT2D eigenvalue weighted by Gasteiger charge is -1.94. The second-order valence-corrected chi connectivity index (χ2v) is 3.54. The minimum absolute atomic E-state index is 0.0355. The molecule has 0 amide bonds. The molecule has 3 heteroatoms. The third-order valence-corrected chi connectivity index (χ3v) is 2.14. The van der Waals surface area contributed by atoms with E-state index < -0.39 is 11.6 Å². The van der Waals surface area contributed by atoms with Crippen LogP contribution in [0.2, 0.25) is 0 Å². The average molecular weight is 229 g/mol. The van der Waals surface area contributed by atoms with Crippen LogP contribution in [0.25, 0.3) is 0 Å². The van der Waals surface area contributed by atoms with E-state index in [1.54, 1.807) is 6.07 Å². The van der Waals surface area contributed by atoms with Gasteiger partial charge in [0.2, 0.25) is 0 Å². The topological polar surface area (TPSA) is 12.9 Å². The van der Waals surface area contributed by atoms with Crippen molar-refractivity contribution in [2.45, 2.75) is 6.92 Å². The molecule has 0 fully saturated rings. The second-order valence-electron chi connectivity index (χ2n) is 3.54. The second kappa shape index (κ2) is 4.75. The maximum Gasteiger partial charge on any atom is 0.139 e. The number of hydrogen-bond acceptors (Lipinski definition) is 1. The van der Waals surface area contributed by atoms with Crippen LogP contribution in [0.3, 0.4) is 0 Å². The summed E-state index contributed by atoms with van der Waals surface area (Å²) < 4.78 is 26.1. The van der Waals surface area contributed by atoms with Crippen LogP contribution >= 0.6 is 0 Å². The fraction of sp³-hybridized carbons (Fsp3) is 0.0714. The Morgan fingerprint density at radius 2 is 1.88 bits per heavy atom. The van der Waals surface area contributed by atoms with Gasteiger partial charge in [0.15, 0.2) is 0 Å². The van der Waals surface area contributed by atoms with E-state index in [4.69, 9.17) is 0 Å². The van der Waals surface area contributed by atoms with Gasteiger partial charge in [-0.25, -0.2) is 13.8 Å². The summed E-state index contributed by atoms with van der Waals surface area (Å²) in [6, 6.07) is 8.56. The van der Waals surface area contributed by atoms with Gasteiger partial charge in [0.25, 0.3) is 0 Å². The van der Waals surface area contributed by atoms with Crippen LogP contribution in [-0.4, -0.2) is 4.98 Å². The van der Waals surface area contributed by atoms with E-state index >= 15 is 0 Å². The first-order valence-electron chi connectivity index (χ1n) is 5.06. The Labute approximate surface area is 98.1 Å². The highest BCUT2D eigenvalue weighted by Crippen LogP contribution is 2.08. The maximum atomic E-state index is 13.3. The number of nitrogens with zero attached hydrogens (tertiary/aromatic N) is 1. The lowest BCUT2D eigenvalue weighted by Crippen LogP contribution is -1.87. The van der Waals surface area contributed by atoms with Gasteiger partial charge < -0.3 is 0 Å². The zero-order valence-electron chi connectivity index (χ0n) is 9.17. The third-order valence-electron chi connectivity index (χ3n) is 2.14. The number of pyridine rings is 1.